The van der Waals surface area contributed by atoms with Crippen molar-refractivity contribution in [3.63, 3.8) is 0 Å². The fourth-order valence-corrected chi connectivity index (χ4v) is 4.04. The van der Waals surface area contributed by atoms with E-state index in [1.807, 2.05) is 26.1 Å². The van der Waals surface area contributed by atoms with Gasteiger partial charge in [0.1, 0.15) is 17.7 Å². The van der Waals surface area contributed by atoms with Crippen molar-refractivity contribution in [2.45, 2.75) is 45.7 Å². The molecule has 3 aromatic rings. The van der Waals surface area contributed by atoms with Crippen molar-refractivity contribution >= 4 is 11.7 Å². The van der Waals surface area contributed by atoms with Crippen LogP contribution in [0.4, 0.5) is 5.82 Å². The first-order chi connectivity index (χ1) is 14.1. The van der Waals surface area contributed by atoms with Crippen LogP contribution in [0.2, 0.25) is 0 Å². The van der Waals surface area contributed by atoms with Gasteiger partial charge >= 0.3 is 0 Å². The smallest absolute Gasteiger partial charge is 0.249 e. The summed E-state index contributed by atoms with van der Waals surface area (Å²) in [6.07, 6.45) is 5.71. The lowest BCUT2D eigenvalue weighted by molar-refractivity contribution is -0.119. The maximum atomic E-state index is 11.5. The first kappa shape index (κ1) is 17.7. The van der Waals surface area contributed by atoms with Crippen molar-refractivity contribution in [1.82, 2.24) is 30.4 Å². The summed E-state index contributed by atoms with van der Waals surface area (Å²) in [4.78, 5) is 31.6. The second kappa shape index (κ2) is 6.91. The Hall–Kier alpha value is -3.36. The molecule has 9 nitrogen and oxygen atoms in total. The Balaban J connectivity index is 1.47. The minimum atomic E-state index is -0.201. The van der Waals surface area contributed by atoms with Gasteiger partial charge in [-0.25, -0.2) is 9.97 Å². The fourth-order valence-electron chi connectivity index (χ4n) is 4.04. The van der Waals surface area contributed by atoms with E-state index in [1.54, 1.807) is 6.20 Å². The Kier molecular flexibility index (Phi) is 4.22. The molecule has 1 atom stereocenters. The van der Waals surface area contributed by atoms with E-state index in [1.165, 1.54) is 5.56 Å². The van der Waals surface area contributed by atoms with Gasteiger partial charge in [0.25, 0.3) is 0 Å². The number of aryl methyl sites for hydroxylation is 2. The molecule has 2 aliphatic heterocycles. The molecule has 0 aromatic carbocycles. The lowest BCUT2D eigenvalue weighted by Crippen LogP contribution is -2.32. The maximum Gasteiger partial charge on any atom is 0.249 e. The van der Waals surface area contributed by atoms with Crippen molar-refractivity contribution in [3.05, 3.63) is 47.0 Å². The molecular formula is C20H21N7O2. The molecule has 148 valence electrons. The van der Waals surface area contributed by atoms with Gasteiger partial charge in [0.2, 0.25) is 17.6 Å². The Morgan fingerprint density at radius 2 is 2.10 bits per heavy atom. The predicted molar refractivity (Wildman–Crippen MR) is 104 cm³/mol. The second-order valence-corrected chi connectivity index (χ2v) is 7.47. The summed E-state index contributed by atoms with van der Waals surface area (Å²) < 4.78 is 5.47. The quantitative estimate of drug-likeness (QED) is 0.722. The van der Waals surface area contributed by atoms with Crippen LogP contribution >= 0.6 is 0 Å². The van der Waals surface area contributed by atoms with E-state index in [-0.39, 0.29) is 11.9 Å². The molecule has 0 aliphatic carbocycles. The number of carbonyl (C=O) groups excluding carboxylic acids is 1. The number of fused-ring (bicyclic) bond motifs is 1. The standard InChI is InChI=1S/C20H21N7O2/c1-11-18(19-25-20(29-26-19)15-3-4-17(28)24-15)14-6-8-27(10-13(14)9-22-11)16-5-7-21-12(2)23-16/h5,7,9,15H,3-4,6,8,10H2,1-2H3,(H,24,28)/t15-/m0/s1. The lowest BCUT2D eigenvalue weighted by atomic mass is 9.94. The van der Waals surface area contributed by atoms with Crippen LogP contribution in [0.25, 0.3) is 11.4 Å². The van der Waals surface area contributed by atoms with Gasteiger partial charge in [0, 0.05) is 43.2 Å². The lowest BCUT2D eigenvalue weighted by Gasteiger charge is -2.30. The normalized spacial score (nSPS) is 18.6. The Labute approximate surface area is 167 Å². The van der Waals surface area contributed by atoms with Gasteiger partial charge in [0.05, 0.1) is 0 Å². The van der Waals surface area contributed by atoms with Crippen molar-refractivity contribution < 1.29 is 9.32 Å². The minimum absolute atomic E-state index is 0.0183. The number of hydrogen-bond acceptors (Lipinski definition) is 8. The van der Waals surface area contributed by atoms with Crippen molar-refractivity contribution in [2.24, 2.45) is 0 Å². The molecule has 9 heteroatoms. The van der Waals surface area contributed by atoms with Gasteiger partial charge < -0.3 is 14.7 Å². The van der Waals surface area contributed by atoms with Gasteiger partial charge in [-0.2, -0.15) is 4.98 Å². The number of rotatable bonds is 3. The molecule has 0 radical (unpaired) electrons. The number of aromatic nitrogens is 5. The summed E-state index contributed by atoms with van der Waals surface area (Å²) in [5.74, 6) is 2.69. The van der Waals surface area contributed by atoms with Crippen LogP contribution in [-0.4, -0.2) is 37.5 Å². The first-order valence-electron chi connectivity index (χ1n) is 9.74. The molecule has 0 unspecified atom stereocenters. The van der Waals surface area contributed by atoms with Crippen LogP contribution in [-0.2, 0) is 17.8 Å². The highest BCUT2D eigenvalue weighted by Gasteiger charge is 2.29. The van der Waals surface area contributed by atoms with Crippen molar-refractivity contribution in [2.75, 3.05) is 11.4 Å². The Morgan fingerprint density at radius 1 is 1.21 bits per heavy atom. The summed E-state index contributed by atoms with van der Waals surface area (Å²) in [6, 6.07) is 1.73. The topological polar surface area (TPSA) is 110 Å². The molecule has 1 fully saturated rings. The van der Waals surface area contributed by atoms with E-state index in [4.69, 9.17) is 4.52 Å². The molecule has 2 aliphatic rings. The molecule has 29 heavy (non-hydrogen) atoms. The molecule has 1 N–H and O–H groups in total. The predicted octanol–water partition coefficient (Wildman–Crippen LogP) is 2.05. The number of nitrogens with zero attached hydrogens (tertiary/aromatic N) is 6. The molecule has 1 saturated heterocycles. The van der Waals surface area contributed by atoms with Gasteiger partial charge in [-0.3, -0.25) is 9.78 Å². The molecule has 3 aromatic heterocycles. The zero-order chi connectivity index (χ0) is 20.0. The van der Waals surface area contributed by atoms with E-state index in [2.05, 4.69) is 35.3 Å². The van der Waals surface area contributed by atoms with Crippen molar-refractivity contribution in [3.8, 4) is 11.4 Å². The molecule has 1 amide bonds. The van der Waals surface area contributed by atoms with Crippen molar-refractivity contribution in [1.29, 1.82) is 0 Å². The molecule has 0 bridgehead atoms. The zero-order valence-corrected chi connectivity index (χ0v) is 16.3. The van der Waals surface area contributed by atoms with E-state index in [0.717, 1.165) is 48.0 Å². The molecule has 5 heterocycles. The maximum absolute atomic E-state index is 11.5. The first-order valence-corrected chi connectivity index (χ1v) is 9.74. The van der Waals surface area contributed by atoms with Gasteiger partial charge in [-0.1, -0.05) is 5.16 Å². The van der Waals surface area contributed by atoms with Crippen LogP contribution in [0, 0.1) is 13.8 Å². The number of pyridine rings is 1. The largest absolute Gasteiger partial charge is 0.352 e. The molecule has 0 spiro atoms. The third-order valence-corrected chi connectivity index (χ3v) is 5.50. The van der Waals surface area contributed by atoms with E-state index in [0.29, 0.717) is 24.6 Å². The molecule has 5 rings (SSSR count). The SMILES string of the molecule is Cc1nccc(N2CCc3c(cnc(C)c3-c3noc([C@@H]4CCC(=O)N4)n3)C2)n1. The summed E-state index contributed by atoms with van der Waals surface area (Å²) in [5, 5.41) is 7.07. The number of anilines is 1. The van der Waals surface area contributed by atoms with Gasteiger partial charge in [-0.05, 0) is 43.9 Å². The summed E-state index contributed by atoms with van der Waals surface area (Å²) in [5.41, 5.74) is 4.13. The van der Waals surface area contributed by atoms with Crippen LogP contribution < -0.4 is 10.2 Å². The van der Waals surface area contributed by atoms with Gasteiger partial charge in [0.15, 0.2) is 0 Å². The molecular weight excluding hydrogens is 370 g/mol. The second-order valence-electron chi connectivity index (χ2n) is 7.47. The highest BCUT2D eigenvalue weighted by atomic mass is 16.5. The number of carbonyl (C=O) groups is 1. The van der Waals surface area contributed by atoms with Crippen LogP contribution in [0.5, 0.6) is 0 Å². The highest BCUT2D eigenvalue weighted by molar-refractivity contribution is 5.78. The van der Waals surface area contributed by atoms with E-state index < -0.39 is 0 Å². The Bertz CT molecular complexity index is 1090. The fraction of sp³-hybridized carbons (Fsp3) is 0.400. The average molecular weight is 391 g/mol. The highest BCUT2D eigenvalue weighted by Crippen LogP contribution is 2.33. The summed E-state index contributed by atoms with van der Waals surface area (Å²) in [6.45, 7) is 5.41. The van der Waals surface area contributed by atoms with Crippen LogP contribution in [0.15, 0.2) is 23.0 Å². The number of nitrogens with one attached hydrogen (secondary N) is 1. The van der Waals surface area contributed by atoms with E-state index in [9.17, 15) is 4.79 Å². The number of hydrogen-bond donors (Lipinski definition) is 1. The monoisotopic (exact) mass is 391 g/mol. The average Bonchev–Trinajstić information content (AvgIpc) is 3.36. The molecule has 0 saturated carbocycles. The minimum Gasteiger partial charge on any atom is -0.352 e. The summed E-state index contributed by atoms with van der Waals surface area (Å²) >= 11 is 0. The van der Waals surface area contributed by atoms with Crippen LogP contribution in [0.1, 0.15) is 47.4 Å². The summed E-state index contributed by atoms with van der Waals surface area (Å²) in [7, 11) is 0. The van der Waals surface area contributed by atoms with E-state index >= 15 is 0 Å². The Morgan fingerprint density at radius 3 is 2.90 bits per heavy atom. The third-order valence-electron chi connectivity index (χ3n) is 5.50. The third kappa shape index (κ3) is 3.22. The number of amides is 1. The van der Waals surface area contributed by atoms with Crippen LogP contribution in [0.3, 0.4) is 0 Å². The van der Waals surface area contributed by atoms with Gasteiger partial charge in [-0.15, -0.1) is 0 Å². The zero-order valence-electron chi connectivity index (χ0n) is 16.3.